The molecule has 0 unspecified atom stereocenters. The molecule has 0 fully saturated rings. The quantitative estimate of drug-likeness (QED) is 0.928. The molecule has 0 bridgehead atoms. The van der Waals surface area contributed by atoms with Crippen LogP contribution in [0.15, 0.2) is 24.3 Å². The van der Waals surface area contributed by atoms with Gasteiger partial charge in [-0.3, -0.25) is 0 Å². The van der Waals surface area contributed by atoms with Gasteiger partial charge < -0.3 is 10.5 Å². The summed E-state index contributed by atoms with van der Waals surface area (Å²) in [5.74, 6) is -2.27. The van der Waals surface area contributed by atoms with Gasteiger partial charge in [-0.05, 0) is 30.2 Å². The molecule has 0 amide bonds. The highest BCUT2D eigenvalue weighted by Gasteiger charge is 2.12. The standard InChI is InChI=1S/C13H11ClF2N2O/c1-2-7-5-8(3-4-9(7)14)19-13-11(16)6-10(15)12(17)18-13/h3-6H,2H2,1H3,(H2,17,18). The maximum Gasteiger partial charge on any atom is 0.258 e. The van der Waals surface area contributed by atoms with Gasteiger partial charge in [0.1, 0.15) is 5.75 Å². The molecule has 1 heterocycles. The van der Waals surface area contributed by atoms with Crippen molar-refractivity contribution >= 4 is 17.4 Å². The van der Waals surface area contributed by atoms with E-state index >= 15 is 0 Å². The first-order chi connectivity index (χ1) is 9.01. The number of pyridine rings is 1. The summed E-state index contributed by atoms with van der Waals surface area (Å²) in [5, 5.41) is 0.599. The minimum Gasteiger partial charge on any atom is -0.436 e. The SMILES string of the molecule is CCc1cc(Oc2nc(N)c(F)cc2F)ccc1Cl. The van der Waals surface area contributed by atoms with E-state index in [1.54, 1.807) is 18.2 Å². The van der Waals surface area contributed by atoms with Crippen LogP contribution in [-0.4, -0.2) is 4.98 Å². The van der Waals surface area contributed by atoms with Gasteiger partial charge in [-0.1, -0.05) is 18.5 Å². The van der Waals surface area contributed by atoms with Gasteiger partial charge in [0, 0.05) is 11.1 Å². The van der Waals surface area contributed by atoms with Crippen LogP contribution >= 0.6 is 11.6 Å². The van der Waals surface area contributed by atoms with Gasteiger partial charge in [0.25, 0.3) is 5.88 Å². The van der Waals surface area contributed by atoms with Crippen molar-refractivity contribution in [1.29, 1.82) is 0 Å². The zero-order valence-electron chi connectivity index (χ0n) is 10.1. The number of hydrogen-bond acceptors (Lipinski definition) is 3. The summed E-state index contributed by atoms with van der Waals surface area (Å²) in [6.45, 7) is 1.93. The predicted octanol–water partition coefficient (Wildman–Crippen LogP) is 3.95. The fourth-order valence-electron chi connectivity index (χ4n) is 1.53. The van der Waals surface area contributed by atoms with Crippen molar-refractivity contribution in [3.63, 3.8) is 0 Å². The minimum absolute atomic E-state index is 0.360. The van der Waals surface area contributed by atoms with Crippen molar-refractivity contribution in [3.8, 4) is 11.6 Å². The number of anilines is 1. The Morgan fingerprint density at radius 3 is 2.68 bits per heavy atom. The Bertz CT molecular complexity index is 620. The lowest BCUT2D eigenvalue weighted by molar-refractivity contribution is 0.418. The van der Waals surface area contributed by atoms with Gasteiger partial charge in [-0.2, -0.15) is 4.98 Å². The van der Waals surface area contributed by atoms with Crippen LogP contribution in [0.4, 0.5) is 14.6 Å². The first-order valence-corrected chi connectivity index (χ1v) is 5.97. The van der Waals surface area contributed by atoms with Crippen LogP contribution in [0.25, 0.3) is 0 Å². The van der Waals surface area contributed by atoms with Crippen LogP contribution in [-0.2, 0) is 6.42 Å². The average molecular weight is 285 g/mol. The zero-order valence-corrected chi connectivity index (χ0v) is 10.8. The van der Waals surface area contributed by atoms with Crippen molar-refractivity contribution in [2.24, 2.45) is 0 Å². The Morgan fingerprint density at radius 2 is 2.00 bits per heavy atom. The number of aryl methyl sites for hydroxylation is 1. The number of hydrogen-bond donors (Lipinski definition) is 1. The maximum absolute atomic E-state index is 13.5. The van der Waals surface area contributed by atoms with Gasteiger partial charge in [0.15, 0.2) is 17.5 Å². The van der Waals surface area contributed by atoms with Gasteiger partial charge in [-0.15, -0.1) is 0 Å². The van der Waals surface area contributed by atoms with Gasteiger partial charge >= 0.3 is 0 Å². The van der Waals surface area contributed by atoms with E-state index < -0.39 is 17.5 Å². The molecular formula is C13H11ClF2N2O. The molecule has 0 aliphatic carbocycles. The number of nitrogens with zero attached hydrogens (tertiary/aromatic N) is 1. The zero-order chi connectivity index (χ0) is 14.0. The molecule has 3 nitrogen and oxygen atoms in total. The third kappa shape index (κ3) is 2.93. The Kier molecular flexibility index (Phi) is 3.85. The molecule has 100 valence electrons. The van der Waals surface area contributed by atoms with Crippen molar-refractivity contribution in [3.05, 3.63) is 46.5 Å². The normalized spacial score (nSPS) is 10.5. The molecule has 2 N–H and O–H groups in total. The van der Waals surface area contributed by atoms with E-state index in [9.17, 15) is 8.78 Å². The molecule has 0 saturated carbocycles. The van der Waals surface area contributed by atoms with Crippen LogP contribution in [0.2, 0.25) is 5.02 Å². The number of aromatic nitrogens is 1. The average Bonchev–Trinajstić information content (AvgIpc) is 2.38. The fraction of sp³-hybridized carbons (Fsp3) is 0.154. The molecule has 0 atom stereocenters. The van der Waals surface area contributed by atoms with Gasteiger partial charge in [0.05, 0.1) is 0 Å². The Balaban J connectivity index is 2.33. The second-order valence-electron chi connectivity index (χ2n) is 3.85. The van der Waals surface area contributed by atoms with Crippen LogP contribution in [0, 0.1) is 11.6 Å². The highest BCUT2D eigenvalue weighted by Crippen LogP contribution is 2.28. The molecule has 0 saturated heterocycles. The summed E-state index contributed by atoms with van der Waals surface area (Å²) in [6.07, 6.45) is 0.706. The lowest BCUT2D eigenvalue weighted by Gasteiger charge is -2.09. The van der Waals surface area contributed by atoms with Gasteiger partial charge in [-0.25, -0.2) is 8.78 Å². The summed E-state index contributed by atoms with van der Waals surface area (Å²) < 4.78 is 31.7. The van der Waals surface area contributed by atoms with Gasteiger partial charge in [0.2, 0.25) is 0 Å². The fourth-order valence-corrected chi connectivity index (χ4v) is 1.78. The number of nitrogen functional groups attached to an aromatic ring is 1. The number of rotatable bonds is 3. The molecule has 0 aliphatic heterocycles. The van der Waals surface area contributed by atoms with Crippen molar-refractivity contribution in [2.45, 2.75) is 13.3 Å². The monoisotopic (exact) mass is 284 g/mol. The third-order valence-corrected chi connectivity index (χ3v) is 2.91. The van der Waals surface area contributed by atoms with Crippen molar-refractivity contribution in [1.82, 2.24) is 4.98 Å². The summed E-state index contributed by atoms with van der Waals surface area (Å²) >= 11 is 5.96. The highest BCUT2D eigenvalue weighted by atomic mass is 35.5. The van der Waals surface area contributed by atoms with E-state index in [-0.39, 0.29) is 5.88 Å². The molecule has 0 radical (unpaired) electrons. The predicted molar refractivity (Wildman–Crippen MR) is 69.5 cm³/mol. The molecule has 2 aromatic rings. The van der Waals surface area contributed by atoms with E-state index in [1.807, 2.05) is 6.92 Å². The van der Waals surface area contributed by atoms with E-state index in [0.29, 0.717) is 23.3 Å². The lowest BCUT2D eigenvalue weighted by Crippen LogP contribution is -2.00. The number of nitrogens with two attached hydrogens (primary N) is 1. The third-order valence-electron chi connectivity index (χ3n) is 2.54. The number of benzene rings is 1. The molecule has 6 heteroatoms. The van der Waals surface area contributed by atoms with E-state index in [4.69, 9.17) is 22.1 Å². The largest absolute Gasteiger partial charge is 0.436 e. The smallest absolute Gasteiger partial charge is 0.258 e. The van der Waals surface area contributed by atoms with E-state index in [0.717, 1.165) is 5.56 Å². The molecule has 19 heavy (non-hydrogen) atoms. The summed E-state index contributed by atoms with van der Waals surface area (Å²) in [7, 11) is 0. The van der Waals surface area contributed by atoms with Crippen LogP contribution in [0.3, 0.4) is 0 Å². The first-order valence-electron chi connectivity index (χ1n) is 5.59. The van der Waals surface area contributed by atoms with E-state index in [2.05, 4.69) is 4.98 Å². The highest BCUT2D eigenvalue weighted by molar-refractivity contribution is 6.31. The van der Waals surface area contributed by atoms with Crippen LogP contribution < -0.4 is 10.5 Å². The number of ether oxygens (including phenoxy) is 1. The number of halogens is 3. The first kappa shape index (κ1) is 13.5. The molecule has 2 rings (SSSR count). The summed E-state index contributed by atoms with van der Waals surface area (Å²) in [5.41, 5.74) is 6.13. The second kappa shape index (κ2) is 5.40. The van der Waals surface area contributed by atoms with Crippen molar-refractivity contribution < 1.29 is 13.5 Å². The second-order valence-corrected chi connectivity index (χ2v) is 4.26. The lowest BCUT2D eigenvalue weighted by atomic mass is 10.1. The molecule has 0 aliphatic rings. The molecule has 1 aromatic heterocycles. The van der Waals surface area contributed by atoms with Crippen LogP contribution in [0.5, 0.6) is 11.6 Å². The van der Waals surface area contributed by atoms with E-state index in [1.165, 1.54) is 0 Å². The maximum atomic E-state index is 13.5. The summed E-state index contributed by atoms with van der Waals surface area (Å²) in [4.78, 5) is 3.52. The molecule has 0 spiro atoms. The Labute approximate surface area is 114 Å². The van der Waals surface area contributed by atoms with Crippen molar-refractivity contribution in [2.75, 3.05) is 5.73 Å². The van der Waals surface area contributed by atoms with Crippen LogP contribution in [0.1, 0.15) is 12.5 Å². The summed E-state index contributed by atoms with van der Waals surface area (Å²) in [6, 6.07) is 5.51. The Hall–Kier alpha value is -1.88. The molecular weight excluding hydrogens is 274 g/mol. The molecule has 1 aromatic carbocycles. The topological polar surface area (TPSA) is 48.1 Å². The minimum atomic E-state index is -0.921. The Morgan fingerprint density at radius 1 is 1.26 bits per heavy atom.